The average molecular weight is 413 g/mol. The molecular weight excluding hydrogens is 388 g/mol. The van der Waals surface area contributed by atoms with E-state index in [9.17, 15) is 4.79 Å². The van der Waals surface area contributed by atoms with Crippen LogP contribution in [0.1, 0.15) is 20.9 Å². The number of carbonyl (C=O) groups is 1. The van der Waals surface area contributed by atoms with E-state index in [4.69, 9.17) is 0 Å². The van der Waals surface area contributed by atoms with E-state index in [-0.39, 0.29) is 5.91 Å². The van der Waals surface area contributed by atoms with E-state index in [0.717, 1.165) is 53.0 Å². The predicted octanol–water partition coefficient (Wildman–Crippen LogP) is 4.49. The molecule has 28 heavy (non-hydrogen) atoms. The molecule has 1 aromatic carbocycles. The summed E-state index contributed by atoms with van der Waals surface area (Å²) >= 11 is 3.09. The lowest BCUT2D eigenvalue weighted by atomic mass is 10.1. The molecule has 0 radical (unpaired) electrons. The highest BCUT2D eigenvalue weighted by atomic mass is 32.1. The van der Waals surface area contributed by atoms with Crippen LogP contribution in [-0.2, 0) is 0 Å². The number of likely N-dealkylation sites (N-methyl/N-ethyl adjacent to an activating group) is 1. The van der Waals surface area contributed by atoms with Gasteiger partial charge < -0.3 is 15.1 Å². The monoisotopic (exact) mass is 412 g/mol. The molecule has 2 aromatic heterocycles. The maximum atomic E-state index is 12.8. The Morgan fingerprint density at radius 3 is 2.61 bits per heavy atom. The van der Waals surface area contributed by atoms with Crippen LogP contribution in [0.3, 0.4) is 0 Å². The molecule has 0 saturated carbocycles. The molecule has 1 amide bonds. The van der Waals surface area contributed by atoms with E-state index in [1.165, 1.54) is 17.0 Å². The number of piperazine rings is 1. The Morgan fingerprint density at radius 2 is 1.93 bits per heavy atom. The van der Waals surface area contributed by atoms with E-state index in [0.29, 0.717) is 4.88 Å². The van der Waals surface area contributed by atoms with Crippen molar-refractivity contribution in [2.75, 3.05) is 43.4 Å². The number of thiophene rings is 1. The van der Waals surface area contributed by atoms with Crippen molar-refractivity contribution in [3.8, 4) is 9.88 Å². The summed E-state index contributed by atoms with van der Waals surface area (Å²) in [4.78, 5) is 23.9. The number of hydrogen-bond acceptors (Lipinski definition) is 6. The first-order chi connectivity index (χ1) is 13.5. The van der Waals surface area contributed by atoms with E-state index in [2.05, 4.69) is 39.3 Å². The summed E-state index contributed by atoms with van der Waals surface area (Å²) in [6.45, 7) is 8.17. The number of anilines is 2. The van der Waals surface area contributed by atoms with Crippen LogP contribution in [0.15, 0.2) is 35.7 Å². The Labute approximate surface area is 173 Å². The Kier molecular flexibility index (Phi) is 5.48. The SMILES string of the molecule is Cc1cc(N2CCN(C)CC2)ccc1NC(=O)c1sc(-c2cccs2)nc1C. The van der Waals surface area contributed by atoms with Gasteiger partial charge in [0.1, 0.15) is 9.88 Å². The third kappa shape index (κ3) is 3.97. The van der Waals surface area contributed by atoms with Gasteiger partial charge in [0.05, 0.1) is 10.6 Å². The molecule has 146 valence electrons. The van der Waals surface area contributed by atoms with Crippen molar-refractivity contribution in [3.05, 3.63) is 51.8 Å². The number of aromatic nitrogens is 1. The third-order valence-corrected chi connectivity index (χ3v) is 7.26. The standard InChI is InChI=1S/C21H24N4OS2/c1-14-13-16(25-10-8-24(3)9-11-25)6-7-17(14)23-20(26)19-15(2)22-21(28-19)18-5-4-12-27-18/h4-7,12-13H,8-11H2,1-3H3,(H,23,26). The zero-order valence-electron chi connectivity index (χ0n) is 16.4. The molecule has 1 saturated heterocycles. The normalized spacial score (nSPS) is 15.0. The lowest BCUT2D eigenvalue weighted by molar-refractivity contribution is 0.102. The number of thiazole rings is 1. The lowest BCUT2D eigenvalue weighted by Crippen LogP contribution is -2.44. The second-order valence-electron chi connectivity index (χ2n) is 7.15. The van der Waals surface area contributed by atoms with Gasteiger partial charge >= 0.3 is 0 Å². The summed E-state index contributed by atoms with van der Waals surface area (Å²) in [6, 6.07) is 10.3. The highest BCUT2D eigenvalue weighted by molar-refractivity contribution is 7.22. The predicted molar refractivity (Wildman–Crippen MR) is 119 cm³/mol. The minimum absolute atomic E-state index is 0.0896. The molecular formula is C21H24N4OS2. The molecule has 0 bridgehead atoms. The molecule has 0 unspecified atom stereocenters. The van der Waals surface area contributed by atoms with Crippen LogP contribution in [0.5, 0.6) is 0 Å². The highest BCUT2D eigenvalue weighted by Gasteiger charge is 2.19. The van der Waals surface area contributed by atoms with Crippen molar-refractivity contribution >= 4 is 40.0 Å². The summed E-state index contributed by atoms with van der Waals surface area (Å²) in [6.07, 6.45) is 0. The number of amides is 1. The van der Waals surface area contributed by atoms with E-state index >= 15 is 0 Å². The van der Waals surface area contributed by atoms with Gasteiger partial charge in [-0.1, -0.05) is 6.07 Å². The summed E-state index contributed by atoms with van der Waals surface area (Å²) < 4.78 is 0. The van der Waals surface area contributed by atoms with Gasteiger partial charge in [-0.05, 0) is 56.1 Å². The molecule has 1 fully saturated rings. The molecule has 0 atom stereocenters. The van der Waals surface area contributed by atoms with Gasteiger partial charge in [-0.2, -0.15) is 0 Å². The first-order valence-electron chi connectivity index (χ1n) is 9.38. The van der Waals surface area contributed by atoms with Crippen LogP contribution >= 0.6 is 22.7 Å². The summed E-state index contributed by atoms with van der Waals surface area (Å²) in [5, 5.41) is 6.00. The first-order valence-corrected chi connectivity index (χ1v) is 11.1. The van der Waals surface area contributed by atoms with Crippen LogP contribution in [0.4, 0.5) is 11.4 Å². The topological polar surface area (TPSA) is 48.5 Å². The molecule has 0 aliphatic carbocycles. The number of nitrogens with zero attached hydrogens (tertiary/aromatic N) is 3. The fourth-order valence-corrected chi connectivity index (χ4v) is 5.10. The van der Waals surface area contributed by atoms with Crippen LogP contribution in [0.2, 0.25) is 0 Å². The van der Waals surface area contributed by atoms with Crippen molar-refractivity contribution < 1.29 is 4.79 Å². The third-order valence-electron chi connectivity index (χ3n) is 5.06. The van der Waals surface area contributed by atoms with Gasteiger partial charge in [0.25, 0.3) is 5.91 Å². The Bertz CT molecular complexity index is 972. The van der Waals surface area contributed by atoms with Crippen LogP contribution in [0, 0.1) is 13.8 Å². The fraction of sp³-hybridized carbons (Fsp3) is 0.333. The molecule has 0 spiro atoms. The molecule has 4 rings (SSSR count). The second-order valence-corrected chi connectivity index (χ2v) is 9.10. The van der Waals surface area contributed by atoms with Gasteiger partial charge in [-0.15, -0.1) is 22.7 Å². The van der Waals surface area contributed by atoms with E-state index < -0.39 is 0 Å². The number of hydrogen-bond donors (Lipinski definition) is 1. The quantitative estimate of drug-likeness (QED) is 0.686. The maximum absolute atomic E-state index is 12.8. The molecule has 3 heterocycles. The van der Waals surface area contributed by atoms with Gasteiger partial charge in [-0.25, -0.2) is 4.98 Å². The number of benzene rings is 1. The summed E-state index contributed by atoms with van der Waals surface area (Å²) in [7, 11) is 2.16. The smallest absolute Gasteiger partial charge is 0.267 e. The van der Waals surface area contributed by atoms with Crippen LogP contribution in [0.25, 0.3) is 9.88 Å². The largest absolute Gasteiger partial charge is 0.369 e. The van der Waals surface area contributed by atoms with Crippen molar-refractivity contribution in [2.45, 2.75) is 13.8 Å². The molecule has 1 aliphatic heterocycles. The van der Waals surface area contributed by atoms with Gasteiger partial charge in [0.2, 0.25) is 0 Å². The Hall–Kier alpha value is -2.22. The molecule has 7 heteroatoms. The van der Waals surface area contributed by atoms with Crippen molar-refractivity contribution in [3.63, 3.8) is 0 Å². The lowest BCUT2D eigenvalue weighted by Gasteiger charge is -2.34. The molecule has 1 aliphatic rings. The zero-order valence-corrected chi connectivity index (χ0v) is 18.0. The minimum Gasteiger partial charge on any atom is -0.369 e. The zero-order chi connectivity index (χ0) is 19.7. The van der Waals surface area contributed by atoms with Gasteiger partial charge in [0, 0.05) is 37.6 Å². The average Bonchev–Trinajstić information content (AvgIpc) is 3.33. The Morgan fingerprint density at radius 1 is 1.14 bits per heavy atom. The van der Waals surface area contributed by atoms with Gasteiger partial charge in [-0.3, -0.25) is 4.79 Å². The summed E-state index contributed by atoms with van der Waals surface area (Å²) in [5.41, 5.74) is 3.92. The van der Waals surface area contributed by atoms with E-state index in [1.807, 2.05) is 37.4 Å². The fourth-order valence-electron chi connectivity index (χ4n) is 3.34. The molecule has 5 nitrogen and oxygen atoms in total. The van der Waals surface area contributed by atoms with Gasteiger partial charge in [0.15, 0.2) is 0 Å². The highest BCUT2D eigenvalue weighted by Crippen LogP contribution is 2.32. The summed E-state index contributed by atoms with van der Waals surface area (Å²) in [5.74, 6) is -0.0896. The number of carbonyl (C=O) groups excluding carboxylic acids is 1. The number of aryl methyl sites for hydroxylation is 2. The number of rotatable bonds is 4. The second kappa shape index (κ2) is 8.03. The maximum Gasteiger partial charge on any atom is 0.267 e. The van der Waals surface area contributed by atoms with E-state index in [1.54, 1.807) is 11.3 Å². The first kappa shape index (κ1) is 19.1. The number of nitrogens with one attached hydrogen (secondary N) is 1. The Balaban J connectivity index is 1.49. The van der Waals surface area contributed by atoms with Crippen molar-refractivity contribution in [1.82, 2.24) is 9.88 Å². The van der Waals surface area contributed by atoms with Crippen molar-refractivity contribution in [2.24, 2.45) is 0 Å². The van der Waals surface area contributed by atoms with Crippen LogP contribution in [-0.4, -0.2) is 49.0 Å². The molecule has 1 N–H and O–H groups in total. The molecule has 3 aromatic rings. The minimum atomic E-state index is -0.0896. The van der Waals surface area contributed by atoms with Crippen molar-refractivity contribution in [1.29, 1.82) is 0 Å². The van der Waals surface area contributed by atoms with Crippen LogP contribution < -0.4 is 10.2 Å².